The number of benzene rings is 18. The van der Waals surface area contributed by atoms with Crippen LogP contribution in [0.3, 0.4) is 0 Å². The minimum Gasteiger partial charge on any atom is -0.0622 e. The van der Waals surface area contributed by atoms with Crippen LogP contribution in [-0.4, -0.2) is 0 Å². The lowest BCUT2D eigenvalue weighted by molar-refractivity contribution is 0.589. The minimum absolute atomic E-state index is 0.267. The first kappa shape index (κ1) is 81.6. The molecule has 0 fully saturated rings. The van der Waals surface area contributed by atoms with Gasteiger partial charge in [0.1, 0.15) is 0 Å². The molecule has 0 heterocycles. The number of hydrogen-bond donors (Lipinski definition) is 0. The molecule has 18 aromatic carbocycles. The van der Waals surface area contributed by atoms with Crippen LogP contribution in [0.15, 0.2) is 370 Å². The van der Waals surface area contributed by atoms with Crippen LogP contribution in [-0.2, 0) is 10.8 Å². The Morgan fingerprint density at radius 1 is 0.153 bits per heavy atom. The molecule has 0 aliphatic heterocycles. The van der Waals surface area contributed by atoms with E-state index < -0.39 is 0 Å². The molecule has 0 amide bonds. The quantitative estimate of drug-likeness (QED) is 0.114. The van der Waals surface area contributed by atoms with Crippen LogP contribution in [0.25, 0.3) is 97.3 Å². The second-order valence-corrected chi connectivity index (χ2v) is 31.5. The minimum atomic E-state index is 0.267. The third kappa shape index (κ3) is 23.1. The Kier molecular flexibility index (Phi) is 28.6. The van der Waals surface area contributed by atoms with Crippen molar-refractivity contribution in [2.45, 2.75) is 129 Å². The van der Waals surface area contributed by atoms with Gasteiger partial charge in [0.25, 0.3) is 0 Å². The maximum absolute atomic E-state index is 2.31. The second kappa shape index (κ2) is 38.9. The molecule has 0 radical (unpaired) electrons. The fourth-order valence-corrected chi connectivity index (χ4v) is 13.7. The summed E-state index contributed by atoms with van der Waals surface area (Å²) in [7, 11) is 0. The molecule has 0 nitrogen and oxygen atoms in total. The van der Waals surface area contributed by atoms with E-state index in [9.17, 15) is 0 Å². The molecule has 0 atom stereocenters. The van der Waals surface area contributed by atoms with Gasteiger partial charge >= 0.3 is 0 Å². The SMILES string of the molecule is Cc1c2ccccc2cc2ccccc12.Cc1cc(C(C)(C)C)cc(C)c1C.Cc1cc2ccccc2c2ccccc12.Cc1ccc(-c2ccccc2)cc1.Cc1ccc(C(C)(C)C)cc1.Cc1ccc2ccccc2c1.Cc1cccc2cc3ccccc3cc12.Cc1cccc2ccccc12.Cc1ccccc1. The summed E-state index contributed by atoms with van der Waals surface area (Å²) in [6.07, 6.45) is 0. The van der Waals surface area contributed by atoms with Gasteiger partial charge in [-0.15, -0.1) is 0 Å². The summed E-state index contributed by atoms with van der Waals surface area (Å²) in [5.74, 6) is 0. The highest BCUT2D eigenvalue weighted by atomic mass is 14.2. The van der Waals surface area contributed by atoms with Gasteiger partial charge in [0.2, 0.25) is 0 Å². The maximum atomic E-state index is 2.31. The maximum Gasteiger partial charge on any atom is -0.0103 e. The van der Waals surface area contributed by atoms with Crippen LogP contribution in [0, 0.1) is 76.2 Å². The Labute approximate surface area is 663 Å². The molecule has 18 rings (SSSR count). The zero-order chi connectivity index (χ0) is 79.0. The van der Waals surface area contributed by atoms with Crippen LogP contribution in [0.2, 0.25) is 0 Å². The topological polar surface area (TPSA) is 0 Å². The van der Waals surface area contributed by atoms with Crippen molar-refractivity contribution in [2.75, 3.05) is 0 Å². The van der Waals surface area contributed by atoms with Crippen molar-refractivity contribution in [3.05, 3.63) is 442 Å². The summed E-state index contributed by atoms with van der Waals surface area (Å²) in [6, 6.07) is 131. The summed E-state index contributed by atoms with van der Waals surface area (Å²) in [6.45, 7) is 37.2. The lowest BCUT2D eigenvalue weighted by Gasteiger charge is -2.21. The molecule has 0 aliphatic carbocycles. The number of rotatable bonds is 1. The van der Waals surface area contributed by atoms with Crippen LogP contribution in [0.1, 0.15) is 114 Å². The molecule has 18 aromatic rings. The summed E-state index contributed by atoms with van der Waals surface area (Å²) >= 11 is 0. The summed E-state index contributed by atoms with van der Waals surface area (Å²) in [5.41, 5.74) is 20.9. The summed E-state index contributed by atoms with van der Waals surface area (Å²) in [4.78, 5) is 0. The highest BCUT2D eigenvalue weighted by Gasteiger charge is 2.16. The van der Waals surface area contributed by atoms with E-state index in [4.69, 9.17) is 0 Å². The van der Waals surface area contributed by atoms with Gasteiger partial charge < -0.3 is 0 Å². The van der Waals surface area contributed by atoms with E-state index in [-0.39, 0.29) is 10.8 Å². The molecule has 0 unspecified atom stereocenters. The lowest BCUT2D eigenvalue weighted by atomic mass is 9.84. The van der Waals surface area contributed by atoms with Crippen LogP contribution < -0.4 is 0 Å². The van der Waals surface area contributed by atoms with E-state index in [1.807, 2.05) is 24.3 Å². The highest BCUT2D eigenvalue weighted by molar-refractivity contribution is 6.09. The van der Waals surface area contributed by atoms with E-state index >= 15 is 0 Å². The molecule has 0 aliphatic rings. The molecule has 0 aromatic heterocycles. The normalized spacial score (nSPS) is 10.7. The van der Waals surface area contributed by atoms with E-state index in [1.54, 1.807) is 0 Å². The molecular formula is C111H112. The third-order valence-corrected chi connectivity index (χ3v) is 20.7. The molecule has 111 heavy (non-hydrogen) atoms. The van der Waals surface area contributed by atoms with E-state index in [0.29, 0.717) is 0 Å². The van der Waals surface area contributed by atoms with Gasteiger partial charge in [-0.25, -0.2) is 0 Å². The fourth-order valence-electron chi connectivity index (χ4n) is 13.7. The molecule has 0 spiro atoms. The zero-order valence-electron chi connectivity index (χ0n) is 68.7. The molecular weight excluding hydrogens is 1330 g/mol. The molecule has 0 N–H and O–H groups in total. The van der Waals surface area contributed by atoms with Crippen molar-refractivity contribution < 1.29 is 0 Å². The fraction of sp³-hybridized carbons (Fsp3) is 0.171. The van der Waals surface area contributed by atoms with E-state index in [2.05, 4.69) is 463 Å². The van der Waals surface area contributed by atoms with Gasteiger partial charge in [0.15, 0.2) is 0 Å². The average Bonchev–Trinajstić information content (AvgIpc) is 0.791. The van der Waals surface area contributed by atoms with Crippen molar-refractivity contribution in [3.8, 4) is 11.1 Å². The monoisotopic (exact) mass is 1440 g/mol. The Hall–Kier alpha value is -12.0. The first-order valence-corrected chi connectivity index (χ1v) is 39.2. The molecule has 556 valence electrons. The first-order valence-electron chi connectivity index (χ1n) is 39.2. The molecule has 0 saturated heterocycles. The Morgan fingerprint density at radius 3 is 1.00 bits per heavy atom. The van der Waals surface area contributed by atoms with Crippen molar-refractivity contribution in [3.63, 3.8) is 0 Å². The summed E-state index contributed by atoms with van der Waals surface area (Å²) in [5, 5.41) is 21.4. The van der Waals surface area contributed by atoms with E-state index in [0.717, 1.165) is 0 Å². The Balaban J connectivity index is 0.000000134. The smallest absolute Gasteiger partial charge is 0.0103 e. The number of fused-ring (bicyclic) bond motifs is 9. The van der Waals surface area contributed by atoms with Crippen molar-refractivity contribution >= 4 is 86.2 Å². The first-order chi connectivity index (χ1) is 53.4. The van der Waals surface area contributed by atoms with Gasteiger partial charge in [-0.2, -0.15) is 0 Å². The predicted octanol–water partition coefficient (Wildman–Crippen LogP) is 32.1. The standard InChI is InChI=1S/3C15H12.C13H12.C13H20.2C11H10.C11H16.C7H8/c1-11-14-8-4-2-6-12(14)10-13-7-3-5-9-15(11)13;1-11-10-12-6-2-3-8-14(12)15-9-5-4-7-13(11)15;1-11-5-4-8-14-9-12-6-2-3-7-13(12)10-15(11)14;1-11-7-9-13(10-8-11)12-5-3-2-4-6-12;1-9-7-12(13(4,5)6)8-10(2)11(9)3;1-9-5-4-7-10-6-2-3-8-11(9)10;1-9-6-7-10-4-2-3-5-11(10)8-9;1-9-5-7-10(8-6-9)11(2,3)4;1-7-5-3-2-4-6-7/h3*2-10H,1H3;2-10H,1H3;7-8H,1-6H3;2*2-8H,1H3;5-8H,1-4H3;2-6H,1H3. The molecule has 0 saturated carbocycles. The van der Waals surface area contributed by atoms with Gasteiger partial charge in [0.05, 0.1) is 0 Å². The van der Waals surface area contributed by atoms with Crippen molar-refractivity contribution in [2.24, 2.45) is 0 Å². The van der Waals surface area contributed by atoms with Gasteiger partial charge in [-0.1, -0.05) is 416 Å². The number of aryl methyl sites for hydroxylation is 10. The highest BCUT2D eigenvalue weighted by Crippen LogP contribution is 2.32. The molecule has 0 bridgehead atoms. The number of hydrogen-bond acceptors (Lipinski definition) is 0. The Morgan fingerprint density at radius 2 is 0.495 bits per heavy atom. The second-order valence-electron chi connectivity index (χ2n) is 31.5. The van der Waals surface area contributed by atoms with Gasteiger partial charge in [0, 0.05) is 0 Å². The van der Waals surface area contributed by atoms with Crippen molar-refractivity contribution in [1.29, 1.82) is 0 Å². The van der Waals surface area contributed by atoms with Crippen LogP contribution in [0.4, 0.5) is 0 Å². The van der Waals surface area contributed by atoms with Crippen molar-refractivity contribution in [1.82, 2.24) is 0 Å². The van der Waals surface area contributed by atoms with Crippen LogP contribution >= 0.6 is 0 Å². The predicted molar refractivity (Wildman–Crippen MR) is 493 cm³/mol. The van der Waals surface area contributed by atoms with E-state index in [1.165, 1.54) is 170 Å². The third-order valence-electron chi connectivity index (χ3n) is 20.7. The van der Waals surface area contributed by atoms with Crippen LogP contribution in [0.5, 0.6) is 0 Å². The Bertz CT molecular complexity index is 5870. The molecule has 0 heteroatoms. The zero-order valence-corrected chi connectivity index (χ0v) is 68.7. The van der Waals surface area contributed by atoms with Gasteiger partial charge in [-0.3, -0.25) is 0 Å². The largest absolute Gasteiger partial charge is 0.0622 e. The summed E-state index contributed by atoms with van der Waals surface area (Å²) < 4.78 is 0. The van der Waals surface area contributed by atoms with Gasteiger partial charge in [-0.05, 0) is 253 Å². The lowest BCUT2D eigenvalue weighted by Crippen LogP contribution is -2.12. The average molecular weight is 1450 g/mol.